The second-order valence-corrected chi connectivity index (χ2v) is 8.09. The van der Waals surface area contributed by atoms with Crippen molar-refractivity contribution in [3.8, 4) is 11.4 Å². The molecule has 0 fully saturated rings. The molecule has 2 N–H and O–H groups in total. The minimum atomic E-state index is -0.0143. The van der Waals surface area contributed by atoms with Crippen LogP contribution in [0, 0.1) is 0 Å². The number of fused-ring (bicyclic) bond motifs is 2. The van der Waals surface area contributed by atoms with Gasteiger partial charge in [0, 0.05) is 52.3 Å². The molecule has 1 aliphatic rings. The van der Waals surface area contributed by atoms with Crippen LogP contribution in [-0.2, 0) is 19.5 Å². The summed E-state index contributed by atoms with van der Waals surface area (Å²) in [5.74, 6) is 0.641. The van der Waals surface area contributed by atoms with Gasteiger partial charge in [0.05, 0.1) is 5.69 Å². The Kier molecular flexibility index (Phi) is 4.37. The summed E-state index contributed by atoms with van der Waals surface area (Å²) in [6.45, 7) is 2.36. The molecule has 5 nitrogen and oxygen atoms in total. The molecule has 0 radical (unpaired) electrons. The summed E-state index contributed by atoms with van der Waals surface area (Å²) in [6, 6.07) is 16.1. The lowest BCUT2D eigenvalue weighted by atomic mass is 10.0. The van der Waals surface area contributed by atoms with Crippen LogP contribution >= 0.6 is 15.9 Å². The van der Waals surface area contributed by atoms with Gasteiger partial charge in [-0.25, -0.2) is 4.98 Å². The largest absolute Gasteiger partial charge is 0.361 e. The number of hydrogen-bond donors (Lipinski definition) is 2. The third-order valence-electron chi connectivity index (χ3n) is 5.32. The maximum atomic E-state index is 12.6. The maximum absolute atomic E-state index is 12.6. The summed E-state index contributed by atoms with van der Waals surface area (Å²) in [7, 11) is 0. The van der Waals surface area contributed by atoms with Crippen LogP contribution in [0.25, 0.3) is 22.3 Å². The van der Waals surface area contributed by atoms with Crippen LogP contribution in [0.3, 0.4) is 0 Å². The molecule has 0 bridgehead atoms. The van der Waals surface area contributed by atoms with Gasteiger partial charge in [0.2, 0.25) is 0 Å². The Balaban J connectivity index is 1.45. The molecule has 0 unspecified atom stereocenters. The molecule has 28 heavy (non-hydrogen) atoms. The van der Waals surface area contributed by atoms with E-state index < -0.39 is 0 Å². The SMILES string of the molecule is O=c1[nH]c(-c2ccccc2)nc2c1CCN(Cc1c[nH]c3ccc(Br)cc13)C2. The van der Waals surface area contributed by atoms with E-state index in [0.717, 1.165) is 46.3 Å². The van der Waals surface area contributed by atoms with Crippen molar-refractivity contribution in [2.75, 3.05) is 6.54 Å². The zero-order valence-electron chi connectivity index (χ0n) is 15.2. The first kappa shape index (κ1) is 17.4. The third kappa shape index (κ3) is 3.19. The number of halogens is 1. The number of benzene rings is 2. The molecule has 5 rings (SSSR count). The van der Waals surface area contributed by atoms with Crippen molar-refractivity contribution in [3.05, 3.63) is 86.4 Å². The molecule has 3 heterocycles. The van der Waals surface area contributed by atoms with Crippen LogP contribution < -0.4 is 5.56 Å². The minimum Gasteiger partial charge on any atom is -0.361 e. The summed E-state index contributed by atoms with van der Waals surface area (Å²) in [5, 5.41) is 1.23. The number of aromatic nitrogens is 3. The molecule has 2 aromatic heterocycles. The number of nitrogens with zero attached hydrogens (tertiary/aromatic N) is 2. The van der Waals surface area contributed by atoms with Crippen molar-refractivity contribution in [2.24, 2.45) is 0 Å². The summed E-state index contributed by atoms with van der Waals surface area (Å²) in [6.07, 6.45) is 2.80. The molecular weight excluding hydrogens is 416 g/mol. The van der Waals surface area contributed by atoms with Crippen molar-refractivity contribution in [3.63, 3.8) is 0 Å². The number of rotatable bonds is 3. The molecule has 0 saturated carbocycles. The summed E-state index contributed by atoms with van der Waals surface area (Å²) in [4.78, 5) is 26.0. The second-order valence-electron chi connectivity index (χ2n) is 7.17. The van der Waals surface area contributed by atoms with Gasteiger partial charge in [-0.05, 0) is 30.2 Å². The number of hydrogen-bond acceptors (Lipinski definition) is 3. The topological polar surface area (TPSA) is 64.8 Å². The highest BCUT2D eigenvalue weighted by atomic mass is 79.9. The van der Waals surface area contributed by atoms with E-state index in [-0.39, 0.29) is 5.56 Å². The zero-order chi connectivity index (χ0) is 19.1. The quantitative estimate of drug-likeness (QED) is 0.506. The summed E-state index contributed by atoms with van der Waals surface area (Å²) in [5.41, 5.74) is 5.01. The van der Waals surface area contributed by atoms with Crippen LogP contribution in [0.1, 0.15) is 16.8 Å². The number of nitrogens with one attached hydrogen (secondary N) is 2. The smallest absolute Gasteiger partial charge is 0.254 e. The third-order valence-corrected chi connectivity index (χ3v) is 5.82. The Morgan fingerprint density at radius 2 is 2.00 bits per heavy atom. The van der Waals surface area contributed by atoms with Crippen LogP contribution in [0.2, 0.25) is 0 Å². The van der Waals surface area contributed by atoms with E-state index in [2.05, 4.69) is 49.1 Å². The van der Waals surface area contributed by atoms with Crippen molar-refractivity contribution in [1.82, 2.24) is 19.9 Å². The standard InChI is InChI=1S/C22H19BrN4O/c23-16-6-7-19-18(10-16)15(11-24-19)12-27-9-8-17-20(13-27)25-21(26-22(17)28)14-4-2-1-3-5-14/h1-7,10-11,24H,8-9,12-13H2,(H,25,26,28). The van der Waals surface area contributed by atoms with E-state index in [4.69, 9.17) is 4.98 Å². The van der Waals surface area contributed by atoms with E-state index >= 15 is 0 Å². The average molecular weight is 435 g/mol. The van der Waals surface area contributed by atoms with Crippen LogP contribution in [0.5, 0.6) is 0 Å². The van der Waals surface area contributed by atoms with Gasteiger partial charge in [-0.15, -0.1) is 0 Å². The predicted octanol–water partition coefficient (Wildman–Crippen LogP) is 4.24. The maximum Gasteiger partial charge on any atom is 0.254 e. The molecule has 2 aromatic carbocycles. The van der Waals surface area contributed by atoms with Gasteiger partial charge in [0.15, 0.2) is 0 Å². The first-order chi connectivity index (χ1) is 13.7. The van der Waals surface area contributed by atoms with Gasteiger partial charge >= 0.3 is 0 Å². The van der Waals surface area contributed by atoms with Crippen molar-refractivity contribution in [1.29, 1.82) is 0 Å². The van der Waals surface area contributed by atoms with Crippen LogP contribution in [-0.4, -0.2) is 26.4 Å². The number of H-pyrrole nitrogens is 2. The average Bonchev–Trinajstić information content (AvgIpc) is 3.10. The first-order valence-corrected chi connectivity index (χ1v) is 10.1. The van der Waals surface area contributed by atoms with Crippen molar-refractivity contribution >= 4 is 26.8 Å². The highest BCUT2D eigenvalue weighted by molar-refractivity contribution is 9.10. The lowest BCUT2D eigenvalue weighted by molar-refractivity contribution is 0.241. The Labute approximate surface area is 170 Å². The molecule has 0 spiro atoms. The fraction of sp³-hybridized carbons (Fsp3) is 0.182. The monoisotopic (exact) mass is 434 g/mol. The van der Waals surface area contributed by atoms with Crippen molar-refractivity contribution in [2.45, 2.75) is 19.5 Å². The molecule has 4 aromatic rings. The van der Waals surface area contributed by atoms with E-state index in [1.807, 2.05) is 36.4 Å². The van der Waals surface area contributed by atoms with Gasteiger partial charge < -0.3 is 9.97 Å². The van der Waals surface area contributed by atoms with Crippen LogP contribution in [0.4, 0.5) is 0 Å². The molecule has 1 aliphatic heterocycles. The second kappa shape index (κ2) is 7.04. The molecular formula is C22H19BrN4O. The highest BCUT2D eigenvalue weighted by Gasteiger charge is 2.22. The van der Waals surface area contributed by atoms with E-state index in [0.29, 0.717) is 12.4 Å². The Morgan fingerprint density at radius 3 is 2.86 bits per heavy atom. The molecule has 0 amide bonds. The zero-order valence-corrected chi connectivity index (χ0v) is 16.8. The normalized spacial score (nSPS) is 14.3. The van der Waals surface area contributed by atoms with Gasteiger partial charge in [-0.3, -0.25) is 9.69 Å². The van der Waals surface area contributed by atoms with E-state index in [9.17, 15) is 4.79 Å². The molecule has 0 atom stereocenters. The van der Waals surface area contributed by atoms with E-state index in [1.54, 1.807) is 0 Å². The summed E-state index contributed by atoms with van der Waals surface area (Å²) >= 11 is 3.56. The van der Waals surface area contributed by atoms with Gasteiger partial charge in [0.1, 0.15) is 5.82 Å². The van der Waals surface area contributed by atoms with Gasteiger partial charge in [-0.1, -0.05) is 46.3 Å². The van der Waals surface area contributed by atoms with Gasteiger partial charge in [0.25, 0.3) is 5.56 Å². The molecule has 6 heteroatoms. The fourth-order valence-corrected chi connectivity index (χ4v) is 4.24. The lowest BCUT2D eigenvalue weighted by Crippen LogP contribution is -2.35. The minimum absolute atomic E-state index is 0.0143. The Hall–Kier alpha value is -2.70. The van der Waals surface area contributed by atoms with Crippen LogP contribution in [0.15, 0.2) is 64.0 Å². The highest BCUT2D eigenvalue weighted by Crippen LogP contribution is 2.26. The molecule has 140 valence electrons. The van der Waals surface area contributed by atoms with E-state index in [1.165, 1.54) is 10.9 Å². The van der Waals surface area contributed by atoms with Crippen molar-refractivity contribution < 1.29 is 0 Å². The fourth-order valence-electron chi connectivity index (χ4n) is 3.88. The molecule has 0 aliphatic carbocycles. The Bertz CT molecular complexity index is 1210. The lowest BCUT2D eigenvalue weighted by Gasteiger charge is -2.27. The first-order valence-electron chi connectivity index (χ1n) is 9.33. The molecule has 0 saturated heterocycles. The number of aromatic amines is 2. The predicted molar refractivity (Wildman–Crippen MR) is 114 cm³/mol. The Morgan fingerprint density at radius 1 is 1.14 bits per heavy atom. The van der Waals surface area contributed by atoms with Gasteiger partial charge in [-0.2, -0.15) is 0 Å². The summed E-state index contributed by atoms with van der Waals surface area (Å²) < 4.78 is 1.07.